The molecule has 0 aliphatic carbocycles. The fourth-order valence-electron chi connectivity index (χ4n) is 2.70. The van der Waals surface area contributed by atoms with E-state index >= 15 is 0 Å². The third kappa shape index (κ3) is 4.71. The summed E-state index contributed by atoms with van der Waals surface area (Å²) >= 11 is 3.42. The second-order valence-electron chi connectivity index (χ2n) is 5.45. The van der Waals surface area contributed by atoms with Crippen LogP contribution >= 0.6 is 15.9 Å². The number of halogens is 1. The maximum Gasteiger partial charge on any atom is 0.317 e. The van der Waals surface area contributed by atoms with E-state index in [-0.39, 0.29) is 23.6 Å². The summed E-state index contributed by atoms with van der Waals surface area (Å²) in [5.41, 5.74) is 1.14. The van der Waals surface area contributed by atoms with Gasteiger partial charge in [0.25, 0.3) is 0 Å². The Hall–Kier alpha value is -1.08. The molecule has 1 N–H and O–H groups in total. The average Bonchev–Trinajstić information content (AvgIpc) is 2.80. The molecule has 5 nitrogen and oxygen atoms in total. The van der Waals surface area contributed by atoms with Gasteiger partial charge in [0, 0.05) is 23.6 Å². The molecule has 1 saturated heterocycles. The number of nitrogens with zero attached hydrogens (tertiary/aromatic N) is 1. The number of carbonyl (C=O) groups excluding carboxylic acids is 1. The lowest BCUT2D eigenvalue weighted by Gasteiger charge is -2.27. The molecule has 1 aromatic rings. The molecule has 0 radical (unpaired) electrons. The molecule has 22 heavy (non-hydrogen) atoms. The second-order valence-corrected chi connectivity index (χ2v) is 8.60. The quantitative estimate of drug-likeness (QED) is 0.840. The average molecular weight is 389 g/mol. The van der Waals surface area contributed by atoms with E-state index in [9.17, 15) is 13.2 Å². The standard InChI is InChI=1S/C15H21BrN2O3S/c1-2-18(14-7-9-22(20,21)11-14)15(19)17-8-6-12-4-3-5-13(16)10-12/h3-5,10,14H,2,6-9,11H2,1H3,(H,17,19). The SMILES string of the molecule is CCN(C(=O)NCCc1cccc(Br)c1)C1CCS(=O)(=O)C1. The molecule has 2 amide bonds. The van der Waals surface area contributed by atoms with Gasteiger partial charge in [-0.1, -0.05) is 28.1 Å². The Morgan fingerprint density at radius 3 is 2.82 bits per heavy atom. The van der Waals surface area contributed by atoms with Crippen LogP contribution in [-0.2, 0) is 16.3 Å². The van der Waals surface area contributed by atoms with Crippen LogP contribution in [0.5, 0.6) is 0 Å². The molecule has 1 unspecified atom stereocenters. The fraction of sp³-hybridized carbons (Fsp3) is 0.533. The molecule has 7 heteroatoms. The van der Waals surface area contributed by atoms with Gasteiger partial charge in [-0.25, -0.2) is 13.2 Å². The zero-order valence-corrected chi connectivity index (χ0v) is 15.0. The van der Waals surface area contributed by atoms with Crippen LogP contribution in [-0.4, -0.2) is 50.0 Å². The zero-order valence-electron chi connectivity index (χ0n) is 12.6. The Bertz CT molecular complexity index is 633. The molecule has 1 heterocycles. The molecule has 0 spiro atoms. The number of rotatable bonds is 5. The summed E-state index contributed by atoms with van der Waals surface area (Å²) in [6.07, 6.45) is 1.28. The van der Waals surface area contributed by atoms with Crippen LogP contribution in [0.3, 0.4) is 0 Å². The summed E-state index contributed by atoms with van der Waals surface area (Å²) in [7, 11) is -2.98. The molecule has 1 fully saturated rings. The van der Waals surface area contributed by atoms with Crippen molar-refractivity contribution in [3.05, 3.63) is 34.3 Å². The maximum atomic E-state index is 12.2. The number of amides is 2. The van der Waals surface area contributed by atoms with Crippen LogP contribution in [0.4, 0.5) is 4.79 Å². The lowest BCUT2D eigenvalue weighted by Crippen LogP contribution is -2.47. The van der Waals surface area contributed by atoms with Gasteiger partial charge in [-0.2, -0.15) is 0 Å². The minimum atomic E-state index is -2.98. The third-order valence-corrected chi connectivity index (χ3v) is 6.07. The second kappa shape index (κ2) is 7.46. The van der Waals surface area contributed by atoms with Gasteiger partial charge in [0.2, 0.25) is 0 Å². The number of carbonyl (C=O) groups is 1. The number of hydrogen-bond donors (Lipinski definition) is 1. The van der Waals surface area contributed by atoms with Gasteiger partial charge >= 0.3 is 6.03 Å². The van der Waals surface area contributed by atoms with Gasteiger partial charge in [-0.05, 0) is 37.5 Å². The molecule has 1 atom stereocenters. The summed E-state index contributed by atoms with van der Waals surface area (Å²) in [5, 5.41) is 2.88. The van der Waals surface area contributed by atoms with Crippen molar-refractivity contribution in [1.29, 1.82) is 0 Å². The van der Waals surface area contributed by atoms with Crippen LogP contribution in [0.25, 0.3) is 0 Å². The van der Waals surface area contributed by atoms with Crippen molar-refractivity contribution < 1.29 is 13.2 Å². The van der Waals surface area contributed by atoms with E-state index in [4.69, 9.17) is 0 Å². The fourth-order valence-corrected chi connectivity index (χ4v) is 4.87. The van der Waals surface area contributed by atoms with Crippen molar-refractivity contribution in [3.63, 3.8) is 0 Å². The molecular formula is C15H21BrN2O3S. The molecule has 0 aromatic heterocycles. The van der Waals surface area contributed by atoms with Gasteiger partial charge in [-0.15, -0.1) is 0 Å². The van der Waals surface area contributed by atoms with Crippen LogP contribution in [0.1, 0.15) is 18.9 Å². The lowest BCUT2D eigenvalue weighted by atomic mass is 10.1. The van der Waals surface area contributed by atoms with E-state index in [1.165, 1.54) is 0 Å². The molecule has 0 bridgehead atoms. The Labute approximate surface area is 140 Å². The van der Waals surface area contributed by atoms with Crippen molar-refractivity contribution >= 4 is 31.8 Å². The summed E-state index contributed by atoms with van der Waals surface area (Å²) in [5.74, 6) is 0.263. The highest BCUT2D eigenvalue weighted by molar-refractivity contribution is 9.10. The Morgan fingerprint density at radius 2 is 2.23 bits per heavy atom. The van der Waals surface area contributed by atoms with E-state index in [1.807, 2.05) is 31.2 Å². The van der Waals surface area contributed by atoms with Crippen molar-refractivity contribution in [2.75, 3.05) is 24.6 Å². The minimum absolute atomic E-state index is 0.0832. The van der Waals surface area contributed by atoms with Crippen molar-refractivity contribution in [2.45, 2.75) is 25.8 Å². The topological polar surface area (TPSA) is 66.5 Å². The predicted molar refractivity (Wildman–Crippen MR) is 90.7 cm³/mol. The zero-order chi connectivity index (χ0) is 16.2. The Balaban J connectivity index is 1.85. The first kappa shape index (κ1) is 17.3. The molecular weight excluding hydrogens is 368 g/mol. The van der Waals surface area contributed by atoms with Crippen LogP contribution in [0, 0.1) is 0 Å². The van der Waals surface area contributed by atoms with Gasteiger partial charge in [0.1, 0.15) is 0 Å². The smallest absolute Gasteiger partial charge is 0.317 e. The minimum Gasteiger partial charge on any atom is -0.338 e. The molecule has 2 rings (SSSR count). The van der Waals surface area contributed by atoms with E-state index < -0.39 is 9.84 Å². The van der Waals surface area contributed by atoms with E-state index in [0.717, 1.165) is 16.5 Å². The molecule has 1 aliphatic rings. The number of nitrogens with one attached hydrogen (secondary N) is 1. The van der Waals surface area contributed by atoms with Crippen molar-refractivity contribution in [1.82, 2.24) is 10.2 Å². The molecule has 1 aromatic carbocycles. The number of sulfone groups is 1. The number of hydrogen-bond acceptors (Lipinski definition) is 3. The van der Waals surface area contributed by atoms with Crippen LogP contribution in [0.2, 0.25) is 0 Å². The van der Waals surface area contributed by atoms with E-state index in [2.05, 4.69) is 21.2 Å². The summed E-state index contributed by atoms with van der Waals surface area (Å²) in [4.78, 5) is 13.9. The van der Waals surface area contributed by atoms with Crippen molar-refractivity contribution in [2.24, 2.45) is 0 Å². The first-order valence-electron chi connectivity index (χ1n) is 7.40. The van der Waals surface area contributed by atoms with Crippen LogP contribution in [0.15, 0.2) is 28.7 Å². The van der Waals surface area contributed by atoms with Gasteiger partial charge in [-0.3, -0.25) is 0 Å². The van der Waals surface area contributed by atoms with Crippen molar-refractivity contribution in [3.8, 4) is 0 Å². The maximum absolute atomic E-state index is 12.2. The van der Waals surface area contributed by atoms with E-state index in [1.54, 1.807) is 4.90 Å². The number of urea groups is 1. The predicted octanol–water partition coefficient (Wildman–Crippen LogP) is 2.21. The highest BCUT2D eigenvalue weighted by atomic mass is 79.9. The number of benzene rings is 1. The summed E-state index contributed by atoms with van der Waals surface area (Å²) in [6.45, 7) is 2.92. The summed E-state index contributed by atoms with van der Waals surface area (Å²) < 4.78 is 24.1. The lowest BCUT2D eigenvalue weighted by molar-refractivity contribution is 0.184. The largest absolute Gasteiger partial charge is 0.338 e. The molecule has 122 valence electrons. The van der Waals surface area contributed by atoms with Gasteiger partial charge < -0.3 is 10.2 Å². The first-order valence-corrected chi connectivity index (χ1v) is 10.0. The summed E-state index contributed by atoms with van der Waals surface area (Å²) in [6, 6.07) is 7.58. The van der Waals surface area contributed by atoms with Gasteiger partial charge in [0.05, 0.1) is 11.5 Å². The molecule has 1 aliphatic heterocycles. The van der Waals surface area contributed by atoms with Gasteiger partial charge in [0.15, 0.2) is 9.84 Å². The highest BCUT2D eigenvalue weighted by Gasteiger charge is 2.33. The monoisotopic (exact) mass is 388 g/mol. The normalized spacial score (nSPS) is 19.8. The Morgan fingerprint density at radius 1 is 1.45 bits per heavy atom. The third-order valence-electron chi connectivity index (χ3n) is 3.83. The van der Waals surface area contributed by atoms with E-state index in [0.29, 0.717) is 19.5 Å². The van der Waals surface area contributed by atoms with Crippen LogP contribution < -0.4 is 5.32 Å². The Kier molecular flexibility index (Phi) is 5.86. The highest BCUT2D eigenvalue weighted by Crippen LogP contribution is 2.17. The molecule has 0 saturated carbocycles. The first-order chi connectivity index (χ1) is 10.4.